The molecule has 3 nitrogen and oxygen atoms in total. The molecule has 102 valence electrons. The number of thioether (sulfide) groups is 1. The van der Waals surface area contributed by atoms with Crippen molar-refractivity contribution in [3.05, 3.63) is 66.2 Å². The molecule has 3 rings (SSSR count). The summed E-state index contributed by atoms with van der Waals surface area (Å²) in [5.41, 5.74) is 0.824. The number of rotatable bonds is 3. The highest BCUT2D eigenvalue weighted by Gasteiger charge is 2.44. The predicted octanol–water partition coefficient (Wildman–Crippen LogP) is 2.81. The second-order valence-corrected chi connectivity index (χ2v) is 5.83. The van der Waals surface area contributed by atoms with Gasteiger partial charge in [-0.25, -0.2) is 0 Å². The van der Waals surface area contributed by atoms with Crippen molar-refractivity contribution in [3.8, 4) is 0 Å². The molecule has 1 aliphatic heterocycles. The van der Waals surface area contributed by atoms with Gasteiger partial charge >= 0.3 is 5.97 Å². The predicted molar refractivity (Wildman–Crippen MR) is 77.4 cm³/mol. The first-order chi connectivity index (χ1) is 9.75. The van der Waals surface area contributed by atoms with Gasteiger partial charge in [-0.3, -0.25) is 4.79 Å². The van der Waals surface area contributed by atoms with Gasteiger partial charge in [0.15, 0.2) is 6.10 Å². The summed E-state index contributed by atoms with van der Waals surface area (Å²) in [6.07, 6.45) is -1.42. The second kappa shape index (κ2) is 5.69. The van der Waals surface area contributed by atoms with E-state index in [1.807, 2.05) is 60.7 Å². The molecule has 1 N–H and O–H groups in total. The number of aliphatic hydroxyl groups excluding tert-OH is 1. The van der Waals surface area contributed by atoms with E-state index in [0.29, 0.717) is 0 Å². The maximum Gasteiger partial charge on any atom is 0.322 e. The molecule has 2 aromatic carbocycles. The number of hydrogen-bond donors (Lipinski definition) is 1. The standard InChI is InChI=1S/C16H14O3S/c17-13-14(11-7-3-1-4-8-11)19-16(18)15(13)20-12-9-5-2-6-10-12/h1-10,13-15,17H/t13-,14+,15-/m1/s1. The zero-order valence-electron chi connectivity index (χ0n) is 10.7. The molecule has 4 heteroatoms. The Kier molecular flexibility index (Phi) is 3.76. The Labute approximate surface area is 121 Å². The van der Waals surface area contributed by atoms with Crippen LogP contribution in [0.2, 0.25) is 0 Å². The molecule has 1 saturated heterocycles. The summed E-state index contributed by atoms with van der Waals surface area (Å²) < 4.78 is 5.33. The van der Waals surface area contributed by atoms with E-state index in [1.54, 1.807) is 0 Å². The molecular weight excluding hydrogens is 272 g/mol. The summed E-state index contributed by atoms with van der Waals surface area (Å²) in [6, 6.07) is 18.9. The van der Waals surface area contributed by atoms with Crippen molar-refractivity contribution in [1.82, 2.24) is 0 Å². The van der Waals surface area contributed by atoms with Crippen LogP contribution in [0.15, 0.2) is 65.6 Å². The maximum atomic E-state index is 12.0. The molecule has 20 heavy (non-hydrogen) atoms. The Morgan fingerprint density at radius 2 is 1.55 bits per heavy atom. The molecular formula is C16H14O3S. The third-order valence-corrected chi connectivity index (χ3v) is 4.50. The van der Waals surface area contributed by atoms with E-state index in [1.165, 1.54) is 11.8 Å². The van der Waals surface area contributed by atoms with E-state index < -0.39 is 17.5 Å². The van der Waals surface area contributed by atoms with Crippen LogP contribution in [0.1, 0.15) is 11.7 Å². The molecule has 1 heterocycles. The van der Waals surface area contributed by atoms with Crippen LogP contribution in [0.4, 0.5) is 0 Å². The van der Waals surface area contributed by atoms with Crippen molar-refractivity contribution in [3.63, 3.8) is 0 Å². The zero-order valence-corrected chi connectivity index (χ0v) is 11.5. The Bertz CT molecular complexity index is 585. The number of carbonyl (C=O) groups excluding carboxylic acids is 1. The Morgan fingerprint density at radius 3 is 2.20 bits per heavy atom. The second-order valence-electron chi connectivity index (χ2n) is 4.61. The minimum Gasteiger partial charge on any atom is -0.454 e. The first-order valence-electron chi connectivity index (χ1n) is 6.41. The van der Waals surface area contributed by atoms with Crippen LogP contribution >= 0.6 is 11.8 Å². The number of hydrogen-bond acceptors (Lipinski definition) is 4. The first kappa shape index (κ1) is 13.2. The van der Waals surface area contributed by atoms with Crippen LogP contribution in [0.25, 0.3) is 0 Å². The molecule has 3 atom stereocenters. The van der Waals surface area contributed by atoms with Gasteiger partial charge in [-0.1, -0.05) is 48.5 Å². The molecule has 2 aromatic rings. The van der Waals surface area contributed by atoms with E-state index in [9.17, 15) is 9.90 Å². The van der Waals surface area contributed by atoms with Gasteiger partial charge in [-0.2, -0.15) is 0 Å². The van der Waals surface area contributed by atoms with Crippen molar-refractivity contribution in [2.24, 2.45) is 0 Å². The maximum absolute atomic E-state index is 12.0. The molecule has 0 bridgehead atoms. The quantitative estimate of drug-likeness (QED) is 0.881. The highest BCUT2D eigenvalue weighted by atomic mass is 32.2. The number of ether oxygens (including phenoxy) is 1. The number of carbonyl (C=O) groups is 1. The monoisotopic (exact) mass is 286 g/mol. The van der Waals surface area contributed by atoms with E-state index in [0.717, 1.165) is 10.5 Å². The molecule has 0 unspecified atom stereocenters. The van der Waals surface area contributed by atoms with Gasteiger partial charge in [0.1, 0.15) is 11.4 Å². The largest absolute Gasteiger partial charge is 0.454 e. The summed E-state index contributed by atoms with van der Waals surface area (Å²) >= 11 is 1.34. The number of esters is 1. The van der Waals surface area contributed by atoms with Crippen molar-refractivity contribution in [1.29, 1.82) is 0 Å². The first-order valence-corrected chi connectivity index (χ1v) is 7.29. The lowest BCUT2D eigenvalue weighted by Gasteiger charge is -2.15. The zero-order chi connectivity index (χ0) is 13.9. The summed E-state index contributed by atoms with van der Waals surface area (Å²) in [5, 5.41) is 9.79. The van der Waals surface area contributed by atoms with Crippen LogP contribution in [0.5, 0.6) is 0 Å². The highest BCUT2D eigenvalue weighted by Crippen LogP contribution is 2.38. The molecule has 0 amide bonds. The van der Waals surface area contributed by atoms with Crippen LogP contribution in [0, 0.1) is 0 Å². The molecule has 0 spiro atoms. The van der Waals surface area contributed by atoms with E-state index in [-0.39, 0.29) is 5.97 Å². The fourth-order valence-electron chi connectivity index (χ4n) is 2.23. The molecule has 1 fully saturated rings. The summed E-state index contributed by atoms with van der Waals surface area (Å²) in [7, 11) is 0. The van der Waals surface area contributed by atoms with Gasteiger partial charge in [0.25, 0.3) is 0 Å². The van der Waals surface area contributed by atoms with Crippen molar-refractivity contribution in [2.45, 2.75) is 22.4 Å². The lowest BCUT2D eigenvalue weighted by Crippen LogP contribution is -2.24. The minimum atomic E-state index is -0.838. The van der Waals surface area contributed by atoms with Gasteiger partial charge in [0.2, 0.25) is 0 Å². The number of cyclic esters (lactones) is 1. The average molecular weight is 286 g/mol. The van der Waals surface area contributed by atoms with Crippen LogP contribution in [0.3, 0.4) is 0 Å². The molecule has 1 aliphatic rings. The van der Waals surface area contributed by atoms with Gasteiger partial charge in [0.05, 0.1) is 0 Å². The molecule has 0 aliphatic carbocycles. The Hall–Kier alpha value is -1.78. The van der Waals surface area contributed by atoms with Gasteiger partial charge in [-0.15, -0.1) is 11.8 Å². The van der Waals surface area contributed by atoms with Crippen LogP contribution in [-0.4, -0.2) is 22.4 Å². The summed E-state index contributed by atoms with van der Waals surface area (Å²) in [6.45, 7) is 0. The third-order valence-electron chi connectivity index (χ3n) is 3.23. The van der Waals surface area contributed by atoms with Gasteiger partial charge < -0.3 is 9.84 Å². The smallest absolute Gasteiger partial charge is 0.322 e. The van der Waals surface area contributed by atoms with Crippen molar-refractivity contribution in [2.75, 3.05) is 0 Å². The normalized spacial score (nSPS) is 25.4. The van der Waals surface area contributed by atoms with E-state index in [2.05, 4.69) is 0 Å². The average Bonchev–Trinajstić information content (AvgIpc) is 2.77. The fourth-order valence-corrected chi connectivity index (χ4v) is 3.27. The van der Waals surface area contributed by atoms with Gasteiger partial charge in [-0.05, 0) is 17.7 Å². The summed E-state index contributed by atoms with van der Waals surface area (Å²) in [4.78, 5) is 12.9. The lowest BCUT2D eigenvalue weighted by molar-refractivity contribution is -0.141. The number of aliphatic hydroxyl groups is 1. The lowest BCUT2D eigenvalue weighted by atomic mass is 10.0. The van der Waals surface area contributed by atoms with Crippen LogP contribution in [-0.2, 0) is 9.53 Å². The van der Waals surface area contributed by atoms with E-state index >= 15 is 0 Å². The van der Waals surface area contributed by atoms with Gasteiger partial charge in [0, 0.05) is 4.90 Å². The van der Waals surface area contributed by atoms with Crippen molar-refractivity contribution < 1.29 is 14.6 Å². The molecule has 0 saturated carbocycles. The van der Waals surface area contributed by atoms with E-state index in [4.69, 9.17) is 4.74 Å². The number of benzene rings is 2. The Balaban J connectivity index is 1.79. The fraction of sp³-hybridized carbons (Fsp3) is 0.188. The topological polar surface area (TPSA) is 46.5 Å². The molecule has 0 aromatic heterocycles. The Morgan fingerprint density at radius 1 is 0.950 bits per heavy atom. The summed E-state index contributed by atoms with van der Waals surface area (Å²) in [5.74, 6) is -0.361. The third kappa shape index (κ3) is 2.57. The van der Waals surface area contributed by atoms with Crippen molar-refractivity contribution >= 4 is 17.7 Å². The molecule has 0 radical (unpaired) electrons. The van der Waals surface area contributed by atoms with Crippen LogP contribution < -0.4 is 0 Å². The SMILES string of the molecule is O=C1O[C@@H](c2ccccc2)[C@@H](O)[C@H]1Sc1ccccc1. The highest BCUT2D eigenvalue weighted by molar-refractivity contribution is 8.00. The minimum absolute atomic E-state index is 0.361.